The molecule has 1 aromatic rings. The topological polar surface area (TPSA) is 0 Å². The van der Waals surface area contributed by atoms with Gasteiger partial charge in [-0.25, -0.2) is 0 Å². The number of rotatable bonds is 2. The number of hydrogen-bond donors (Lipinski definition) is 0. The highest BCUT2D eigenvalue weighted by Gasteiger charge is 1.95. The lowest BCUT2D eigenvalue weighted by Crippen LogP contribution is -1.82. The third-order valence-corrected chi connectivity index (χ3v) is 2.58. The first-order chi connectivity index (χ1) is 5.38. The van der Waals surface area contributed by atoms with E-state index in [2.05, 4.69) is 44.0 Å². The highest BCUT2D eigenvalue weighted by Crippen LogP contribution is 2.17. The van der Waals surface area contributed by atoms with Gasteiger partial charge in [0, 0.05) is 5.33 Å². The van der Waals surface area contributed by atoms with E-state index in [-0.39, 0.29) is 0 Å². The predicted molar refractivity (Wildman–Crippen MR) is 57.1 cm³/mol. The lowest BCUT2D eigenvalue weighted by molar-refractivity contribution is 1.60. The Bertz CT molecular complexity index is 239. The van der Waals surface area contributed by atoms with Gasteiger partial charge in [-0.1, -0.05) is 62.2 Å². The van der Waals surface area contributed by atoms with Crippen molar-refractivity contribution in [3.63, 3.8) is 0 Å². The van der Waals surface area contributed by atoms with Gasteiger partial charge < -0.3 is 0 Å². The Labute approximate surface area is 83.6 Å². The quantitative estimate of drug-likeness (QED) is 0.720. The molecule has 0 nitrogen and oxygen atoms in total. The van der Waals surface area contributed by atoms with E-state index in [1.807, 2.05) is 23.2 Å². The summed E-state index contributed by atoms with van der Waals surface area (Å²) in [5.74, 6) is 0. The fraction of sp³-hybridized carbons (Fsp3) is 0.111. The van der Waals surface area contributed by atoms with Crippen molar-refractivity contribution < 1.29 is 0 Å². The lowest BCUT2D eigenvalue weighted by atomic mass is 10.1. The zero-order valence-electron chi connectivity index (χ0n) is 5.93. The van der Waals surface area contributed by atoms with Crippen LogP contribution in [-0.4, -0.2) is 5.33 Å². The van der Waals surface area contributed by atoms with Gasteiger partial charge in [0.05, 0.1) is 0 Å². The first kappa shape index (κ1) is 9.01. The normalized spacial score (nSPS) is 11.6. The molecule has 0 saturated carbocycles. The van der Waals surface area contributed by atoms with Gasteiger partial charge in [-0.05, 0) is 16.1 Å². The minimum Gasteiger partial charge on any atom is -0.0876 e. The third-order valence-electron chi connectivity index (χ3n) is 1.42. The summed E-state index contributed by atoms with van der Waals surface area (Å²) in [5, 5.41) is 0.877. The Balaban J connectivity index is 2.92. The maximum absolute atomic E-state index is 3.41. The molecule has 1 rings (SSSR count). The van der Waals surface area contributed by atoms with Gasteiger partial charge in [0.25, 0.3) is 0 Å². The van der Waals surface area contributed by atoms with E-state index < -0.39 is 0 Å². The van der Waals surface area contributed by atoms with Crippen molar-refractivity contribution in [2.24, 2.45) is 0 Å². The second-order valence-corrected chi connectivity index (χ2v) is 3.15. The van der Waals surface area contributed by atoms with Gasteiger partial charge in [-0.15, -0.1) is 0 Å². The van der Waals surface area contributed by atoms with Crippen molar-refractivity contribution in [3.8, 4) is 0 Å². The fourth-order valence-electron chi connectivity index (χ4n) is 0.822. The minimum atomic E-state index is 0.877. The van der Waals surface area contributed by atoms with Crippen LogP contribution in [-0.2, 0) is 0 Å². The molecule has 0 aliphatic carbocycles. The van der Waals surface area contributed by atoms with E-state index in [1.165, 1.54) is 11.1 Å². The SMILES string of the molecule is BrC=C(CBr)c1ccccc1. The second kappa shape index (κ2) is 4.73. The Morgan fingerprint density at radius 2 is 1.91 bits per heavy atom. The number of hydrogen-bond acceptors (Lipinski definition) is 0. The summed E-state index contributed by atoms with van der Waals surface area (Å²) in [7, 11) is 0. The second-order valence-electron chi connectivity index (χ2n) is 2.13. The third kappa shape index (κ3) is 2.46. The molecule has 0 amide bonds. The number of benzene rings is 1. The summed E-state index contributed by atoms with van der Waals surface area (Å²) < 4.78 is 0. The molecule has 0 atom stereocenters. The van der Waals surface area contributed by atoms with Crippen LogP contribution in [0.1, 0.15) is 5.56 Å². The Morgan fingerprint density at radius 3 is 2.36 bits per heavy atom. The van der Waals surface area contributed by atoms with Crippen LogP contribution < -0.4 is 0 Å². The Morgan fingerprint density at radius 1 is 1.27 bits per heavy atom. The highest BCUT2D eigenvalue weighted by atomic mass is 79.9. The molecule has 58 valence electrons. The zero-order chi connectivity index (χ0) is 8.10. The predicted octanol–water partition coefficient (Wildman–Crippen LogP) is 3.82. The van der Waals surface area contributed by atoms with Crippen molar-refractivity contribution in [1.82, 2.24) is 0 Å². The van der Waals surface area contributed by atoms with Crippen molar-refractivity contribution in [2.45, 2.75) is 0 Å². The maximum Gasteiger partial charge on any atom is 0.0294 e. The maximum atomic E-state index is 3.41. The van der Waals surface area contributed by atoms with Gasteiger partial charge in [-0.3, -0.25) is 0 Å². The molecule has 0 heterocycles. The van der Waals surface area contributed by atoms with Crippen molar-refractivity contribution in [3.05, 3.63) is 40.9 Å². The number of alkyl halides is 1. The molecule has 1 aromatic carbocycles. The fourth-order valence-corrected chi connectivity index (χ4v) is 2.17. The number of halogens is 2. The molecule has 0 aromatic heterocycles. The van der Waals surface area contributed by atoms with E-state index in [0.29, 0.717) is 0 Å². The molecule has 0 fully saturated rings. The van der Waals surface area contributed by atoms with Crippen LogP contribution in [0.25, 0.3) is 5.57 Å². The van der Waals surface area contributed by atoms with Crippen LogP contribution in [0.4, 0.5) is 0 Å². The molecular formula is C9H8Br2. The summed E-state index contributed by atoms with van der Waals surface area (Å²) in [5.41, 5.74) is 2.51. The molecular weight excluding hydrogens is 268 g/mol. The Kier molecular flexibility index (Phi) is 3.87. The molecule has 0 spiro atoms. The van der Waals surface area contributed by atoms with Crippen LogP contribution >= 0.6 is 31.9 Å². The highest BCUT2D eigenvalue weighted by molar-refractivity contribution is 9.11. The van der Waals surface area contributed by atoms with Gasteiger partial charge >= 0.3 is 0 Å². The van der Waals surface area contributed by atoms with Crippen LogP contribution in [0.3, 0.4) is 0 Å². The first-order valence-electron chi connectivity index (χ1n) is 3.29. The van der Waals surface area contributed by atoms with Crippen molar-refractivity contribution in [2.75, 3.05) is 5.33 Å². The molecule has 2 heteroatoms. The van der Waals surface area contributed by atoms with E-state index in [9.17, 15) is 0 Å². The first-order valence-corrected chi connectivity index (χ1v) is 5.33. The molecule has 0 aliphatic heterocycles. The molecule has 0 unspecified atom stereocenters. The van der Waals surface area contributed by atoms with E-state index in [4.69, 9.17) is 0 Å². The van der Waals surface area contributed by atoms with Crippen LogP contribution in [0.5, 0.6) is 0 Å². The van der Waals surface area contributed by atoms with Gasteiger partial charge in [0.2, 0.25) is 0 Å². The van der Waals surface area contributed by atoms with Crippen molar-refractivity contribution in [1.29, 1.82) is 0 Å². The molecule has 0 saturated heterocycles. The molecule has 0 aliphatic rings. The van der Waals surface area contributed by atoms with Gasteiger partial charge in [0.15, 0.2) is 0 Å². The summed E-state index contributed by atoms with van der Waals surface area (Å²) in [6.45, 7) is 0. The summed E-state index contributed by atoms with van der Waals surface area (Å²) in [6.07, 6.45) is 0. The largest absolute Gasteiger partial charge is 0.0876 e. The van der Waals surface area contributed by atoms with Crippen LogP contribution in [0, 0.1) is 0 Å². The summed E-state index contributed by atoms with van der Waals surface area (Å²) >= 11 is 6.74. The van der Waals surface area contributed by atoms with Crippen LogP contribution in [0.15, 0.2) is 35.3 Å². The zero-order valence-corrected chi connectivity index (χ0v) is 9.10. The van der Waals surface area contributed by atoms with E-state index in [1.54, 1.807) is 0 Å². The lowest BCUT2D eigenvalue weighted by Gasteiger charge is -2.00. The Hall–Kier alpha value is -0.0800. The van der Waals surface area contributed by atoms with E-state index in [0.717, 1.165) is 5.33 Å². The molecule has 0 radical (unpaired) electrons. The molecule has 0 bridgehead atoms. The average Bonchev–Trinajstić information content (AvgIpc) is 2.09. The summed E-state index contributed by atoms with van der Waals surface area (Å²) in [6, 6.07) is 10.3. The van der Waals surface area contributed by atoms with Crippen molar-refractivity contribution >= 4 is 37.4 Å². The monoisotopic (exact) mass is 274 g/mol. The van der Waals surface area contributed by atoms with Gasteiger partial charge in [0.1, 0.15) is 0 Å². The van der Waals surface area contributed by atoms with Gasteiger partial charge in [-0.2, -0.15) is 0 Å². The molecule has 0 N–H and O–H groups in total. The summed E-state index contributed by atoms with van der Waals surface area (Å²) in [4.78, 5) is 1.94. The standard InChI is InChI=1S/C9H8Br2/c10-6-9(7-11)8-4-2-1-3-5-8/h1-6H,7H2. The smallest absolute Gasteiger partial charge is 0.0294 e. The van der Waals surface area contributed by atoms with Crippen LogP contribution in [0.2, 0.25) is 0 Å². The minimum absolute atomic E-state index is 0.877. The average molecular weight is 276 g/mol. The van der Waals surface area contributed by atoms with E-state index >= 15 is 0 Å². The molecule has 11 heavy (non-hydrogen) atoms. The number of allylic oxidation sites excluding steroid dienone is 1.